The molecule has 3 aromatic carbocycles. The van der Waals surface area contributed by atoms with Crippen molar-refractivity contribution in [2.24, 2.45) is 0 Å². The molecule has 0 aromatic heterocycles. The molecule has 0 N–H and O–H groups in total. The van der Waals surface area contributed by atoms with Crippen LogP contribution in [0.1, 0.15) is 31.8 Å². The van der Waals surface area contributed by atoms with Gasteiger partial charge < -0.3 is 4.74 Å². The number of hydrogen-bond donors (Lipinski definition) is 0. The summed E-state index contributed by atoms with van der Waals surface area (Å²) in [5.74, 6) is -0.177. The number of alkyl halides is 3. The van der Waals surface area contributed by atoms with Gasteiger partial charge in [-0.2, -0.15) is 13.2 Å². The summed E-state index contributed by atoms with van der Waals surface area (Å²) < 4.78 is 43.6. The van der Waals surface area contributed by atoms with Crippen LogP contribution in [0.15, 0.2) is 66.7 Å². The number of imide groups is 1. The number of carbonyl (C=O) groups excluding carboxylic acids is 2. The number of hydrogen-bond acceptors (Lipinski definition) is 3. The van der Waals surface area contributed by atoms with Crippen molar-refractivity contribution in [2.45, 2.75) is 13.1 Å². The minimum absolute atomic E-state index is 0.242. The smallest absolute Gasteiger partial charge is 0.416 e. The third-order valence-electron chi connectivity index (χ3n) is 4.62. The zero-order valence-electron chi connectivity index (χ0n) is 15.2. The molecular weight excluding hydrogens is 383 g/mol. The summed E-state index contributed by atoms with van der Waals surface area (Å²) in [6.45, 7) is 1.72. The fraction of sp³-hybridized carbons (Fsp3) is 0.0909. The summed E-state index contributed by atoms with van der Waals surface area (Å²) in [6.07, 6.45) is -4.41. The molecule has 1 heterocycles. The Labute approximate surface area is 164 Å². The van der Waals surface area contributed by atoms with Crippen LogP contribution in [0.25, 0.3) is 0 Å². The van der Waals surface area contributed by atoms with E-state index in [0.29, 0.717) is 28.1 Å². The van der Waals surface area contributed by atoms with Crippen molar-refractivity contribution in [2.75, 3.05) is 4.90 Å². The van der Waals surface area contributed by atoms with Crippen molar-refractivity contribution in [3.05, 3.63) is 89.0 Å². The average molecular weight is 397 g/mol. The van der Waals surface area contributed by atoms with E-state index in [2.05, 4.69) is 0 Å². The zero-order chi connectivity index (χ0) is 20.8. The summed E-state index contributed by atoms with van der Waals surface area (Å²) in [4.78, 5) is 26.4. The van der Waals surface area contributed by atoms with Crippen LogP contribution in [0.2, 0.25) is 0 Å². The van der Waals surface area contributed by atoms with E-state index in [0.717, 1.165) is 17.0 Å². The second kappa shape index (κ2) is 6.77. The van der Waals surface area contributed by atoms with Crippen LogP contribution in [0, 0.1) is 6.92 Å². The predicted octanol–water partition coefficient (Wildman–Crippen LogP) is 5.61. The van der Waals surface area contributed by atoms with E-state index in [1.54, 1.807) is 49.4 Å². The number of nitrogens with zero attached hydrogens (tertiary/aromatic N) is 1. The molecule has 0 spiro atoms. The standard InChI is InChI=1S/C22H14F3NO3/c1-13-12-16(29-15-8-6-14(7-9-15)22(23,24)25)10-11-19(13)26-20(27)17-4-2-3-5-18(17)21(26)28/h2-12H,1H3. The van der Waals surface area contributed by atoms with Gasteiger partial charge in [-0.15, -0.1) is 0 Å². The van der Waals surface area contributed by atoms with Crippen molar-refractivity contribution in [3.63, 3.8) is 0 Å². The number of ether oxygens (including phenoxy) is 1. The molecule has 0 bridgehead atoms. The van der Waals surface area contributed by atoms with Gasteiger partial charge in [0.05, 0.1) is 22.4 Å². The van der Waals surface area contributed by atoms with Gasteiger partial charge in [-0.25, -0.2) is 4.90 Å². The largest absolute Gasteiger partial charge is 0.457 e. The van der Waals surface area contributed by atoms with E-state index in [-0.39, 0.29) is 5.75 Å². The van der Waals surface area contributed by atoms with Crippen molar-refractivity contribution >= 4 is 17.5 Å². The predicted molar refractivity (Wildman–Crippen MR) is 100 cm³/mol. The monoisotopic (exact) mass is 397 g/mol. The molecule has 4 nitrogen and oxygen atoms in total. The Balaban J connectivity index is 1.58. The van der Waals surface area contributed by atoms with Gasteiger partial charge in [-0.05, 0) is 67.1 Å². The number of anilines is 1. The Morgan fingerprint density at radius 2 is 1.34 bits per heavy atom. The van der Waals surface area contributed by atoms with E-state index in [9.17, 15) is 22.8 Å². The minimum atomic E-state index is -4.41. The molecule has 2 amide bonds. The fourth-order valence-corrected chi connectivity index (χ4v) is 3.20. The molecule has 0 atom stereocenters. The van der Waals surface area contributed by atoms with Crippen LogP contribution in [-0.2, 0) is 6.18 Å². The molecule has 3 aromatic rings. The number of carbonyl (C=O) groups is 2. The maximum atomic E-state index is 12.7. The Bertz CT molecular complexity index is 1090. The summed E-state index contributed by atoms with van der Waals surface area (Å²) in [5, 5.41) is 0. The summed E-state index contributed by atoms with van der Waals surface area (Å²) in [6, 6.07) is 15.7. The number of aryl methyl sites for hydroxylation is 1. The molecule has 0 saturated carbocycles. The fourth-order valence-electron chi connectivity index (χ4n) is 3.20. The first-order valence-corrected chi connectivity index (χ1v) is 8.69. The lowest BCUT2D eigenvalue weighted by molar-refractivity contribution is -0.137. The van der Waals surface area contributed by atoms with E-state index < -0.39 is 23.6 Å². The van der Waals surface area contributed by atoms with Gasteiger partial charge >= 0.3 is 6.18 Å². The van der Waals surface area contributed by atoms with Gasteiger partial charge in [0.2, 0.25) is 0 Å². The maximum absolute atomic E-state index is 12.7. The molecule has 0 fully saturated rings. The molecule has 0 saturated heterocycles. The zero-order valence-corrected chi connectivity index (χ0v) is 15.2. The van der Waals surface area contributed by atoms with Crippen molar-refractivity contribution in [1.82, 2.24) is 0 Å². The molecule has 4 rings (SSSR count). The van der Waals surface area contributed by atoms with E-state index in [1.807, 2.05) is 0 Å². The van der Waals surface area contributed by atoms with Crippen LogP contribution >= 0.6 is 0 Å². The molecule has 29 heavy (non-hydrogen) atoms. The Kier molecular flexibility index (Phi) is 4.38. The van der Waals surface area contributed by atoms with Crippen molar-refractivity contribution in [3.8, 4) is 11.5 Å². The third kappa shape index (κ3) is 3.35. The normalized spacial score (nSPS) is 13.6. The highest BCUT2D eigenvalue weighted by Gasteiger charge is 2.37. The SMILES string of the molecule is Cc1cc(Oc2ccc(C(F)(F)F)cc2)ccc1N1C(=O)c2ccccc2C1=O. The Hall–Kier alpha value is -3.61. The van der Waals surface area contributed by atoms with Crippen LogP contribution in [0.4, 0.5) is 18.9 Å². The highest BCUT2D eigenvalue weighted by Crippen LogP contribution is 2.34. The average Bonchev–Trinajstić information content (AvgIpc) is 2.93. The molecule has 7 heteroatoms. The minimum Gasteiger partial charge on any atom is -0.457 e. The third-order valence-corrected chi connectivity index (χ3v) is 4.62. The highest BCUT2D eigenvalue weighted by molar-refractivity contribution is 6.34. The van der Waals surface area contributed by atoms with Gasteiger partial charge in [-0.3, -0.25) is 9.59 Å². The van der Waals surface area contributed by atoms with Gasteiger partial charge in [0.1, 0.15) is 11.5 Å². The molecule has 0 aliphatic carbocycles. The molecular formula is C22H14F3NO3. The van der Waals surface area contributed by atoms with E-state index >= 15 is 0 Å². The number of halogens is 3. The Morgan fingerprint density at radius 3 is 1.86 bits per heavy atom. The number of fused-ring (bicyclic) bond motifs is 1. The van der Waals surface area contributed by atoms with Crippen LogP contribution in [0.5, 0.6) is 11.5 Å². The van der Waals surface area contributed by atoms with Gasteiger partial charge in [-0.1, -0.05) is 12.1 Å². The van der Waals surface area contributed by atoms with E-state index in [4.69, 9.17) is 4.74 Å². The van der Waals surface area contributed by atoms with Crippen molar-refractivity contribution < 1.29 is 27.5 Å². The number of benzene rings is 3. The lowest BCUT2D eigenvalue weighted by atomic mass is 10.1. The molecule has 0 unspecified atom stereocenters. The molecule has 0 radical (unpaired) electrons. The maximum Gasteiger partial charge on any atom is 0.416 e. The Morgan fingerprint density at radius 1 is 0.793 bits per heavy atom. The van der Waals surface area contributed by atoms with E-state index in [1.165, 1.54) is 12.1 Å². The summed E-state index contributed by atoms with van der Waals surface area (Å²) in [7, 11) is 0. The summed E-state index contributed by atoms with van der Waals surface area (Å²) in [5.41, 5.74) is 0.978. The first-order chi connectivity index (χ1) is 13.8. The molecule has 1 aliphatic rings. The van der Waals surface area contributed by atoms with Crippen molar-refractivity contribution in [1.29, 1.82) is 0 Å². The van der Waals surface area contributed by atoms with Gasteiger partial charge in [0.25, 0.3) is 11.8 Å². The quantitative estimate of drug-likeness (QED) is 0.540. The first kappa shape index (κ1) is 18.7. The highest BCUT2D eigenvalue weighted by atomic mass is 19.4. The lowest BCUT2D eigenvalue weighted by Gasteiger charge is -2.17. The number of amides is 2. The lowest BCUT2D eigenvalue weighted by Crippen LogP contribution is -2.30. The van der Waals surface area contributed by atoms with Gasteiger partial charge in [0, 0.05) is 0 Å². The number of rotatable bonds is 3. The second-order valence-corrected chi connectivity index (χ2v) is 6.56. The van der Waals surface area contributed by atoms with Crippen LogP contribution < -0.4 is 9.64 Å². The summed E-state index contributed by atoms with van der Waals surface area (Å²) >= 11 is 0. The van der Waals surface area contributed by atoms with Crippen LogP contribution in [0.3, 0.4) is 0 Å². The second-order valence-electron chi connectivity index (χ2n) is 6.56. The topological polar surface area (TPSA) is 46.6 Å². The first-order valence-electron chi connectivity index (χ1n) is 8.69. The molecule has 1 aliphatic heterocycles. The van der Waals surface area contributed by atoms with Crippen LogP contribution in [-0.4, -0.2) is 11.8 Å². The molecule has 146 valence electrons. The van der Waals surface area contributed by atoms with Gasteiger partial charge in [0.15, 0.2) is 0 Å².